The normalized spacial score (nSPS) is 28.6. The molecule has 0 heterocycles. The number of rotatable bonds is 4. The smallest absolute Gasteiger partial charge is 0.133 e. The zero-order valence-electron chi connectivity index (χ0n) is 8.89. The number of allylic oxidation sites excluding steroid dienone is 2. The van der Waals surface area contributed by atoms with Gasteiger partial charge in [-0.1, -0.05) is 19.1 Å². The number of carbonyl (C=O) groups excluding carboxylic acids is 1. The van der Waals surface area contributed by atoms with Crippen LogP contribution in [0.25, 0.3) is 0 Å². The number of ketones is 1. The molecule has 1 aliphatic rings. The number of unbranched alkanes of at least 4 members (excludes halogenated alkanes) is 1. The van der Waals surface area contributed by atoms with Crippen LogP contribution in [0.1, 0.15) is 45.4 Å². The molecule has 1 fully saturated rings. The van der Waals surface area contributed by atoms with E-state index in [2.05, 4.69) is 19.1 Å². The fourth-order valence-electron chi connectivity index (χ4n) is 2.02. The SMILES string of the molecule is CC1(/C=C/CCCCl)CCCC(=O)C1. The molecule has 0 spiro atoms. The van der Waals surface area contributed by atoms with Crippen molar-refractivity contribution in [2.75, 3.05) is 5.88 Å². The lowest BCUT2D eigenvalue weighted by Crippen LogP contribution is -2.23. The summed E-state index contributed by atoms with van der Waals surface area (Å²) in [5.41, 5.74) is 0.127. The summed E-state index contributed by atoms with van der Waals surface area (Å²) in [5.74, 6) is 1.14. The van der Waals surface area contributed by atoms with E-state index in [-0.39, 0.29) is 5.41 Å². The van der Waals surface area contributed by atoms with Crippen molar-refractivity contribution in [1.29, 1.82) is 0 Å². The highest BCUT2D eigenvalue weighted by atomic mass is 35.5. The van der Waals surface area contributed by atoms with Crippen LogP contribution in [-0.4, -0.2) is 11.7 Å². The van der Waals surface area contributed by atoms with Crippen LogP contribution in [-0.2, 0) is 4.79 Å². The molecule has 0 bridgehead atoms. The first-order valence-corrected chi connectivity index (χ1v) is 5.95. The molecule has 0 radical (unpaired) electrons. The molecule has 0 amide bonds. The van der Waals surface area contributed by atoms with E-state index in [0.29, 0.717) is 5.78 Å². The summed E-state index contributed by atoms with van der Waals surface area (Å²) < 4.78 is 0. The third-order valence-electron chi connectivity index (χ3n) is 2.83. The van der Waals surface area contributed by atoms with Crippen LogP contribution in [0, 0.1) is 5.41 Å². The Labute approximate surface area is 91.5 Å². The van der Waals surface area contributed by atoms with Gasteiger partial charge < -0.3 is 0 Å². The highest BCUT2D eigenvalue weighted by Gasteiger charge is 2.28. The van der Waals surface area contributed by atoms with Crippen molar-refractivity contribution in [2.45, 2.75) is 45.4 Å². The molecule has 0 aromatic rings. The highest BCUT2D eigenvalue weighted by Crippen LogP contribution is 2.35. The van der Waals surface area contributed by atoms with Gasteiger partial charge in [-0.15, -0.1) is 11.6 Å². The second-order valence-electron chi connectivity index (χ2n) is 4.46. The minimum absolute atomic E-state index is 0.127. The molecule has 2 heteroatoms. The van der Waals surface area contributed by atoms with Gasteiger partial charge in [0.15, 0.2) is 0 Å². The molecule has 1 rings (SSSR count). The van der Waals surface area contributed by atoms with Crippen LogP contribution in [0.5, 0.6) is 0 Å². The molecule has 0 aromatic heterocycles. The van der Waals surface area contributed by atoms with E-state index >= 15 is 0 Å². The lowest BCUT2D eigenvalue weighted by molar-refractivity contribution is -0.122. The summed E-state index contributed by atoms with van der Waals surface area (Å²) in [6.45, 7) is 2.18. The predicted molar refractivity (Wildman–Crippen MR) is 60.7 cm³/mol. The molecule has 1 unspecified atom stereocenters. The molecule has 1 aliphatic carbocycles. The second kappa shape index (κ2) is 5.55. The molecule has 0 N–H and O–H groups in total. The zero-order valence-corrected chi connectivity index (χ0v) is 9.65. The number of hydrogen-bond donors (Lipinski definition) is 0. The van der Waals surface area contributed by atoms with Crippen molar-refractivity contribution in [3.63, 3.8) is 0 Å². The fraction of sp³-hybridized carbons (Fsp3) is 0.750. The molecular weight excluding hydrogens is 196 g/mol. The van der Waals surface area contributed by atoms with Gasteiger partial charge in [0.1, 0.15) is 5.78 Å². The minimum Gasteiger partial charge on any atom is -0.300 e. The lowest BCUT2D eigenvalue weighted by Gasteiger charge is -2.29. The molecule has 0 aliphatic heterocycles. The number of hydrogen-bond acceptors (Lipinski definition) is 1. The van der Waals surface area contributed by atoms with Gasteiger partial charge in [-0.05, 0) is 31.1 Å². The van der Waals surface area contributed by atoms with Crippen LogP contribution in [0.3, 0.4) is 0 Å². The van der Waals surface area contributed by atoms with Crippen LogP contribution in [0.2, 0.25) is 0 Å². The maximum absolute atomic E-state index is 11.3. The number of halogens is 1. The Hall–Kier alpha value is -0.300. The average molecular weight is 215 g/mol. The third-order valence-corrected chi connectivity index (χ3v) is 3.10. The van der Waals surface area contributed by atoms with Crippen LogP contribution in [0.15, 0.2) is 12.2 Å². The van der Waals surface area contributed by atoms with Crippen molar-refractivity contribution < 1.29 is 4.79 Å². The maximum atomic E-state index is 11.3. The van der Waals surface area contributed by atoms with Crippen molar-refractivity contribution >= 4 is 17.4 Å². The first kappa shape index (κ1) is 11.8. The first-order valence-electron chi connectivity index (χ1n) is 5.42. The summed E-state index contributed by atoms with van der Waals surface area (Å²) in [4.78, 5) is 11.3. The minimum atomic E-state index is 0.127. The van der Waals surface area contributed by atoms with Crippen molar-refractivity contribution in [3.8, 4) is 0 Å². The van der Waals surface area contributed by atoms with Gasteiger partial charge in [-0.2, -0.15) is 0 Å². The number of Topliss-reactive ketones (excluding diaryl/α,β-unsaturated/α-hetero) is 1. The molecule has 14 heavy (non-hydrogen) atoms. The Morgan fingerprint density at radius 2 is 2.36 bits per heavy atom. The molecule has 1 atom stereocenters. The summed E-state index contributed by atoms with van der Waals surface area (Å²) in [5, 5.41) is 0. The Balaban J connectivity index is 2.39. The standard InChI is InChI=1S/C12H19ClO/c1-12(7-3-2-4-9-13)8-5-6-11(14)10-12/h3,7H,2,4-6,8-10H2,1H3/b7-3+. The van der Waals surface area contributed by atoms with E-state index in [1.165, 1.54) is 0 Å². The summed E-state index contributed by atoms with van der Waals surface area (Å²) in [6.07, 6.45) is 10.2. The maximum Gasteiger partial charge on any atom is 0.133 e. The van der Waals surface area contributed by atoms with Crippen molar-refractivity contribution in [1.82, 2.24) is 0 Å². The van der Waals surface area contributed by atoms with E-state index in [4.69, 9.17) is 11.6 Å². The van der Waals surface area contributed by atoms with Gasteiger partial charge >= 0.3 is 0 Å². The van der Waals surface area contributed by atoms with E-state index in [9.17, 15) is 4.79 Å². The molecule has 80 valence electrons. The average Bonchev–Trinajstić information content (AvgIpc) is 2.12. The Morgan fingerprint density at radius 3 is 3.00 bits per heavy atom. The van der Waals surface area contributed by atoms with Gasteiger partial charge in [0.05, 0.1) is 0 Å². The van der Waals surface area contributed by atoms with Crippen molar-refractivity contribution in [2.24, 2.45) is 5.41 Å². The zero-order chi connectivity index (χ0) is 10.4. The Morgan fingerprint density at radius 1 is 1.57 bits per heavy atom. The molecule has 1 nitrogen and oxygen atoms in total. The van der Waals surface area contributed by atoms with E-state index in [0.717, 1.165) is 44.4 Å². The number of carbonyl (C=O) groups is 1. The number of alkyl halides is 1. The van der Waals surface area contributed by atoms with Gasteiger partial charge in [0.2, 0.25) is 0 Å². The predicted octanol–water partition coefficient (Wildman–Crippen LogP) is 3.71. The summed E-state index contributed by atoms with van der Waals surface area (Å²) in [6, 6.07) is 0. The fourth-order valence-corrected chi connectivity index (χ4v) is 2.18. The second-order valence-corrected chi connectivity index (χ2v) is 4.83. The van der Waals surface area contributed by atoms with Crippen LogP contribution >= 0.6 is 11.6 Å². The summed E-state index contributed by atoms with van der Waals surface area (Å²) in [7, 11) is 0. The quantitative estimate of drug-likeness (QED) is 0.396. The van der Waals surface area contributed by atoms with Gasteiger partial charge in [0, 0.05) is 18.7 Å². The lowest BCUT2D eigenvalue weighted by atomic mass is 9.75. The largest absolute Gasteiger partial charge is 0.300 e. The van der Waals surface area contributed by atoms with Gasteiger partial charge in [-0.25, -0.2) is 0 Å². The highest BCUT2D eigenvalue weighted by molar-refractivity contribution is 6.17. The monoisotopic (exact) mass is 214 g/mol. The van der Waals surface area contributed by atoms with Gasteiger partial charge in [0.25, 0.3) is 0 Å². The van der Waals surface area contributed by atoms with E-state index < -0.39 is 0 Å². The third kappa shape index (κ3) is 3.83. The molecular formula is C12H19ClO. The van der Waals surface area contributed by atoms with Gasteiger partial charge in [-0.3, -0.25) is 4.79 Å². The Kier molecular flexibility index (Phi) is 4.67. The molecule has 1 saturated carbocycles. The molecule has 0 saturated heterocycles. The topological polar surface area (TPSA) is 17.1 Å². The van der Waals surface area contributed by atoms with E-state index in [1.54, 1.807) is 0 Å². The van der Waals surface area contributed by atoms with Crippen LogP contribution < -0.4 is 0 Å². The van der Waals surface area contributed by atoms with Crippen molar-refractivity contribution in [3.05, 3.63) is 12.2 Å². The van der Waals surface area contributed by atoms with E-state index in [1.807, 2.05) is 0 Å². The first-order chi connectivity index (χ1) is 6.66. The van der Waals surface area contributed by atoms with Crippen LogP contribution in [0.4, 0.5) is 0 Å². The Bertz CT molecular complexity index is 222. The molecule has 0 aromatic carbocycles. The summed E-state index contributed by atoms with van der Waals surface area (Å²) >= 11 is 5.59.